The molecular formula is C13H19N3O5S. The van der Waals surface area contributed by atoms with E-state index in [9.17, 15) is 18.0 Å². The molecule has 1 N–H and O–H groups in total. The summed E-state index contributed by atoms with van der Waals surface area (Å²) in [5, 5.41) is 2.60. The van der Waals surface area contributed by atoms with Crippen LogP contribution in [0.4, 0.5) is 0 Å². The number of sulfonamides is 1. The van der Waals surface area contributed by atoms with Crippen molar-refractivity contribution in [3.8, 4) is 0 Å². The average molecular weight is 329 g/mol. The molecule has 0 unspecified atom stereocenters. The number of hydrogen-bond acceptors (Lipinski definition) is 5. The summed E-state index contributed by atoms with van der Waals surface area (Å²) >= 11 is 0. The molecule has 0 saturated carbocycles. The molecule has 0 radical (unpaired) electrons. The smallest absolute Gasteiger partial charge is 0.255 e. The van der Waals surface area contributed by atoms with E-state index in [1.807, 2.05) is 0 Å². The highest BCUT2D eigenvalue weighted by Gasteiger charge is 2.29. The molecular weight excluding hydrogens is 310 g/mol. The zero-order valence-corrected chi connectivity index (χ0v) is 13.3. The second-order valence-electron chi connectivity index (χ2n) is 5.19. The predicted octanol–water partition coefficient (Wildman–Crippen LogP) is -0.498. The first kappa shape index (κ1) is 16.5. The largest absolute Gasteiger partial charge is 0.472 e. The first-order valence-corrected chi connectivity index (χ1v) is 8.71. The average Bonchev–Trinajstić information content (AvgIpc) is 3.00. The van der Waals surface area contributed by atoms with Crippen LogP contribution >= 0.6 is 0 Å². The van der Waals surface area contributed by atoms with Crippen LogP contribution in [0, 0.1) is 0 Å². The second-order valence-corrected chi connectivity index (χ2v) is 7.18. The van der Waals surface area contributed by atoms with E-state index in [2.05, 4.69) is 5.32 Å². The van der Waals surface area contributed by atoms with E-state index in [1.54, 1.807) is 11.8 Å². The highest BCUT2D eigenvalue weighted by molar-refractivity contribution is 7.88. The summed E-state index contributed by atoms with van der Waals surface area (Å²) < 4.78 is 29.0. The second kappa shape index (κ2) is 6.49. The van der Waals surface area contributed by atoms with E-state index in [4.69, 9.17) is 4.42 Å². The Bertz CT molecular complexity index is 633. The van der Waals surface area contributed by atoms with Gasteiger partial charge in [0, 0.05) is 26.2 Å². The van der Waals surface area contributed by atoms with Crippen LogP contribution in [-0.2, 0) is 14.8 Å². The molecule has 0 aromatic carbocycles. The van der Waals surface area contributed by atoms with Crippen LogP contribution in [0.2, 0.25) is 0 Å². The number of hydrogen-bond donors (Lipinski definition) is 1. The summed E-state index contributed by atoms with van der Waals surface area (Å²) in [6.45, 7) is 2.78. The summed E-state index contributed by atoms with van der Waals surface area (Å²) in [6, 6.07) is 0.824. The van der Waals surface area contributed by atoms with Gasteiger partial charge in [0.2, 0.25) is 15.9 Å². The number of amides is 2. The third-order valence-corrected chi connectivity index (χ3v) is 4.82. The van der Waals surface area contributed by atoms with Gasteiger partial charge in [0.15, 0.2) is 0 Å². The first-order chi connectivity index (χ1) is 10.3. The van der Waals surface area contributed by atoms with Crippen molar-refractivity contribution in [2.75, 3.05) is 32.4 Å². The lowest BCUT2D eigenvalue weighted by atomic mass is 10.2. The summed E-state index contributed by atoms with van der Waals surface area (Å²) in [7, 11) is -3.23. The molecule has 1 saturated heterocycles. The molecule has 1 atom stereocenters. The molecule has 1 fully saturated rings. The maximum Gasteiger partial charge on any atom is 0.255 e. The van der Waals surface area contributed by atoms with Crippen LogP contribution < -0.4 is 5.32 Å². The normalized spacial score (nSPS) is 18.0. The molecule has 8 nitrogen and oxygen atoms in total. The lowest BCUT2D eigenvalue weighted by Crippen LogP contribution is -2.54. The Hall–Kier alpha value is -1.87. The van der Waals surface area contributed by atoms with Crippen molar-refractivity contribution >= 4 is 21.8 Å². The Morgan fingerprint density at radius 3 is 2.41 bits per heavy atom. The number of piperazine rings is 1. The molecule has 2 amide bonds. The zero-order chi connectivity index (χ0) is 16.3. The molecule has 9 heteroatoms. The molecule has 0 bridgehead atoms. The molecule has 1 aliphatic heterocycles. The van der Waals surface area contributed by atoms with E-state index in [1.165, 1.54) is 22.9 Å². The maximum absolute atomic E-state index is 12.3. The number of rotatable bonds is 4. The van der Waals surface area contributed by atoms with Crippen molar-refractivity contribution < 1.29 is 22.4 Å². The third-order valence-electron chi connectivity index (χ3n) is 3.52. The van der Waals surface area contributed by atoms with Crippen LogP contribution in [0.1, 0.15) is 17.3 Å². The molecule has 22 heavy (non-hydrogen) atoms. The fraction of sp³-hybridized carbons (Fsp3) is 0.538. The number of nitrogens with zero attached hydrogens (tertiary/aromatic N) is 2. The van der Waals surface area contributed by atoms with Gasteiger partial charge in [-0.3, -0.25) is 9.59 Å². The first-order valence-electron chi connectivity index (χ1n) is 6.86. The van der Waals surface area contributed by atoms with E-state index >= 15 is 0 Å². The van der Waals surface area contributed by atoms with Crippen LogP contribution in [-0.4, -0.2) is 67.9 Å². The minimum absolute atomic E-state index is 0.231. The molecule has 122 valence electrons. The Labute approximate surface area is 129 Å². The summed E-state index contributed by atoms with van der Waals surface area (Å²) in [6.07, 6.45) is 3.83. The van der Waals surface area contributed by atoms with Gasteiger partial charge in [0.05, 0.1) is 18.1 Å². The monoisotopic (exact) mass is 329 g/mol. The fourth-order valence-electron chi connectivity index (χ4n) is 2.25. The van der Waals surface area contributed by atoms with Crippen molar-refractivity contribution in [3.05, 3.63) is 24.2 Å². The lowest BCUT2D eigenvalue weighted by molar-refractivity contribution is -0.134. The van der Waals surface area contributed by atoms with Crippen LogP contribution in [0.3, 0.4) is 0 Å². The molecule has 1 aromatic heterocycles. The summed E-state index contributed by atoms with van der Waals surface area (Å²) in [5.74, 6) is -0.616. The Balaban J connectivity index is 1.88. The molecule has 0 spiro atoms. The van der Waals surface area contributed by atoms with Crippen LogP contribution in [0.15, 0.2) is 23.0 Å². The van der Waals surface area contributed by atoms with Gasteiger partial charge in [-0.2, -0.15) is 4.31 Å². The SMILES string of the molecule is C[C@@H](NC(=O)c1ccoc1)C(=O)N1CCN(S(C)(=O)=O)CC1. The Morgan fingerprint density at radius 2 is 1.91 bits per heavy atom. The molecule has 1 aliphatic rings. The molecule has 0 aliphatic carbocycles. The summed E-state index contributed by atoms with van der Waals surface area (Å²) in [5.41, 5.74) is 0.349. The van der Waals surface area contributed by atoms with E-state index in [0.29, 0.717) is 18.7 Å². The maximum atomic E-state index is 12.3. The quantitative estimate of drug-likeness (QED) is 0.803. The van der Waals surface area contributed by atoms with Crippen molar-refractivity contribution in [1.82, 2.24) is 14.5 Å². The van der Waals surface area contributed by atoms with Gasteiger partial charge in [0.1, 0.15) is 12.3 Å². The van der Waals surface area contributed by atoms with Gasteiger partial charge >= 0.3 is 0 Å². The van der Waals surface area contributed by atoms with Crippen molar-refractivity contribution in [3.63, 3.8) is 0 Å². The zero-order valence-electron chi connectivity index (χ0n) is 12.5. The van der Waals surface area contributed by atoms with E-state index in [-0.39, 0.29) is 24.9 Å². The van der Waals surface area contributed by atoms with Gasteiger partial charge in [-0.15, -0.1) is 0 Å². The van der Waals surface area contributed by atoms with Gasteiger partial charge in [-0.1, -0.05) is 0 Å². The van der Waals surface area contributed by atoms with Gasteiger partial charge in [0.25, 0.3) is 5.91 Å². The minimum atomic E-state index is -3.23. The van der Waals surface area contributed by atoms with Crippen LogP contribution in [0.5, 0.6) is 0 Å². The van der Waals surface area contributed by atoms with Gasteiger partial charge < -0.3 is 14.6 Å². The Morgan fingerprint density at radius 1 is 1.27 bits per heavy atom. The highest BCUT2D eigenvalue weighted by atomic mass is 32.2. The lowest BCUT2D eigenvalue weighted by Gasteiger charge is -2.34. The molecule has 1 aromatic rings. The Kier molecular flexibility index (Phi) is 4.87. The topological polar surface area (TPSA) is 99.9 Å². The fourth-order valence-corrected chi connectivity index (χ4v) is 3.08. The predicted molar refractivity (Wildman–Crippen MR) is 78.6 cm³/mol. The van der Waals surface area contributed by atoms with E-state index < -0.39 is 16.1 Å². The van der Waals surface area contributed by atoms with Gasteiger partial charge in [-0.25, -0.2) is 8.42 Å². The number of furan rings is 1. The molecule has 2 rings (SSSR count). The standard InChI is InChI=1S/C13H19N3O5S/c1-10(14-12(17)11-3-8-21-9-11)13(18)15-4-6-16(7-5-15)22(2,19)20/h3,8-10H,4-7H2,1-2H3,(H,14,17)/t10-/m1/s1. The number of carbonyl (C=O) groups is 2. The van der Waals surface area contributed by atoms with Crippen molar-refractivity contribution in [2.45, 2.75) is 13.0 Å². The molecule has 2 heterocycles. The van der Waals surface area contributed by atoms with Crippen molar-refractivity contribution in [1.29, 1.82) is 0 Å². The number of nitrogens with one attached hydrogen (secondary N) is 1. The summed E-state index contributed by atoms with van der Waals surface area (Å²) in [4.78, 5) is 25.7. The minimum Gasteiger partial charge on any atom is -0.472 e. The van der Waals surface area contributed by atoms with Crippen LogP contribution in [0.25, 0.3) is 0 Å². The number of carbonyl (C=O) groups excluding carboxylic acids is 2. The van der Waals surface area contributed by atoms with E-state index in [0.717, 1.165) is 6.26 Å². The van der Waals surface area contributed by atoms with Gasteiger partial charge in [-0.05, 0) is 13.0 Å². The van der Waals surface area contributed by atoms with Crippen molar-refractivity contribution in [2.24, 2.45) is 0 Å². The third kappa shape index (κ3) is 3.86. The highest BCUT2D eigenvalue weighted by Crippen LogP contribution is 2.08.